The maximum Gasteiger partial charge on any atom is 0 e. The maximum atomic E-state index is 3.25. The predicted octanol–water partition coefficient (Wildman–Crippen LogP) is 1.75. The molecule has 1 radical (unpaired) electrons. The molecule has 0 unspecified atom stereocenters. The molecule has 10 heavy (non-hydrogen) atoms. The van der Waals surface area contributed by atoms with Crippen LogP contribution < -0.4 is 0 Å². The first-order valence-electron chi connectivity index (χ1n) is 3.57. The number of nitrogens with zero attached hydrogens (tertiary/aromatic N) is 1. The van der Waals surface area contributed by atoms with Crippen molar-refractivity contribution in [2.45, 2.75) is 20.8 Å². The molecule has 1 heterocycles. The third-order valence-electron chi connectivity index (χ3n) is 1.43. The van der Waals surface area contributed by atoms with Gasteiger partial charge in [-0.3, -0.25) is 5.92 Å². The van der Waals surface area contributed by atoms with Crippen LogP contribution in [-0.4, -0.2) is 24.5 Å². The topological polar surface area (TPSA) is 3.24 Å². The van der Waals surface area contributed by atoms with Gasteiger partial charge in [-0.1, -0.05) is 6.92 Å². The minimum absolute atomic E-state index is 0. The minimum atomic E-state index is 0. The van der Waals surface area contributed by atoms with Crippen molar-refractivity contribution in [3.05, 3.63) is 12.8 Å². The number of hydrogen-bond donors (Lipinski definition) is 0. The molecule has 0 saturated carbocycles. The molecule has 0 N–H and O–H groups in total. The third-order valence-corrected chi connectivity index (χ3v) is 1.43. The van der Waals surface area contributed by atoms with E-state index in [1.165, 1.54) is 19.6 Å². The first kappa shape index (κ1) is 13.6. The Balaban J connectivity index is 0. The summed E-state index contributed by atoms with van der Waals surface area (Å²) in [5.41, 5.74) is 0. The van der Waals surface area contributed by atoms with Crippen LogP contribution in [0, 0.1) is 12.8 Å². The summed E-state index contributed by atoms with van der Waals surface area (Å²) in [6.07, 6.45) is 0. The molecule has 0 bridgehead atoms. The van der Waals surface area contributed by atoms with E-state index in [1.807, 2.05) is 0 Å². The van der Waals surface area contributed by atoms with Gasteiger partial charge >= 0.3 is 0 Å². The van der Waals surface area contributed by atoms with Crippen molar-refractivity contribution >= 4 is 0 Å². The molecule has 1 aliphatic rings. The standard InChI is InChI=1S/C6H12N.C2H5.Y/c1-3-7-4-6(2)5-7;1-2;/h3-5H2,1-2H3;1H2,2H3;/q2*-1;. The van der Waals surface area contributed by atoms with Crippen molar-refractivity contribution in [1.29, 1.82) is 0 Å². The predicted molar refractivity (Wildman–Crippen MR) is 42.1 cm³/mol. The fraction of sp³-hybridized carbons (Fsp3) is 0.750. The monoisotopic (exact) mass is 216 g/mol. The Morgan fingerprint density at radius 1 is 1.40 bits per heavy atom. The van der Waals surface area contributed by atoms with Crippen LogP contribution in [0.15, 0.2) is 0 Å². The molecule has 1 fully saturated rings. The summed E-state index contributed by atoms with van der Waals surface area (Å²) in [6.45, 7) is 13.1. The second kappa shape index (κ2) is 8.16. The molecule has 59 valence electrons. The Bertz CT molecular complexity index is 60.3. The normalized spacial score (nSPS) is 18.0. The summed E-state index contributed by atoms with van der Waals surface area (Å²) < 4.78 is 0. The second-order valence-electron chi connectivity index (χ2n) is 2.26. The van der Waals surface area contributed by atoms with Gasteiger partial charge in [-0.25, -0.2) is 0 Å². The zero-order chi connectivity index (χ0) is 7.28. The third kappa shape index (κ3) is 4.81. The van der Waals surface area contributed by atoms with Crippen molar-refractivity contribution in [3.63, 3.8) is 0 Å². The van der Waals surface area contributed by atoms with E-state index in [-0.39, 0.29) is 32.7 Å². The van der Waals surface area contributed by atoms with Crippen LogP contribution in [0.2, 0.25) is 0 Å². The number of likely N-dealkylation sites (tertiary alicyclic amines) is 1. The molecule has 0 aliphatic carbocycles. The zero-order valence-corrected chi connectivity index (χ0v) is 10.2. The van der Waals surface area contributed by atoms with Gasteiger partial charge in [0, 0.05) is 32.7 Å². The van der Waals surface area contributed by atoms with E-state index in [2.05, 4.69) is 25.7 Å². The molecule has 0 amide bonds. The number of rotatable bonds is 1. The van der Waals surface area contributed by atoms with Crippen LogP contribution in [-0.2, 0) is 32.7 Å². The molecule has 2 heteroatoms. The van der Waals surface area contributed by atoms with Crippen LogP contribution >= 0.6 is 0 Å². The smallest absolute Gasteiger partial charge is 0 e. The minimum Gasteiger partial charge on any atom is -0.362 e. The van der Waals surface area contributed by atoms with Gasteiger partial charge in [-0.2, -0.15) is 13.8 Å². The molecule has 1 rings (SSSR count). The van der Waals surface area contributed by atoms with Crippen LogP contribution in [0.3, 0.4) is 0 Å². The van der Waals surface area contributed by atoms with Crippen LogP contribution in [0.4, 0.5) is 0 Å². The van der Waals surface area contributed by atoms with Gasteiger partial charge in [0.15, 0.2) is 0 Å². The summed E-state index contributed by atoms with van der Waals surface area (Å²) in [4.78, 5) is 2.41. The van der Waals surface area contributed by atoms with Gasteiger partial charge in [0.2, 0.25) is 0 Å². The Labute approximate surface area is 90.4 Å². The molecular formula is C8H17NY-2. The Morgan fingerprint density at radius 2 is 1.80 bits per heavy atom. The van der Waals surface area contributed by atoms with Crippen LogP contribution in [0.25, 0.3) is 0 Å². The summed E-state index contributed by atoms with van der Waals surface area (Å²) in [5.74, 6) is 1.63. The van der Waals surface area contributed by atoms with Crippen molar-refractivity contribution < 1.29 is 32.7 Å². The second-order valence-corrected chi connectivity index (χ2v) is 2.26. The van der Waals surface area contributed by atoms with Gasteiger partial charge in [0.05, 0.1) is 0 Å². The molecule has 0 spiro atoms. The molecule has 0 aromatic carbocycles. The van der Waals surface area contributed by atoms with Crippen molar-refractivity contribution in [3.8, 4) is 0 Å². The molecule has 1 aliphatic heterocycles. The first-order valence-corrected chi connectivity index (χ1v) is 3.57. The quantitative estimate of drug-likeness (QED) is 0.603. The maximum absolute atomic E-state index is 3.25. The van der Waals surface area contributed by atoms with E-state index in [0.717, 1.165) is 0 Å². The van der Waals surface area contributed by atoms with Crippen molar-refractivity contribution in [1.82, 2.24) is 4.90 Å². The van der Waals surface area contributed by atoms with Gasteiger partial charge in [0.1, 0.15) is 0 Å². The van der Waals surface area contributed by atoms with Crippen LogP contribution in [0.1, 0.15) is 20.8 Å². The van der Waals surface area contributed by atoms with E-state index in [4.69, 9.17) is 0 Å². The fourth-order valence-electron chi connectivity index (χ4n) is 0.941. The van der Waals surface area contributed by atoms with Gasteiger partial charge in [-0.05, 0) is 6.54 Å². The Kier molecular flexibility index (Phi) is 11.1. The SMILES string of the molecule is CCN1C[C-](C)C1.[CH2-]C.[Y]. The van der Waals surface area contributed by atoms with E-state index in [0.29, 0.717) is 0 Å². The van der Waals surface area contributed by atoms with Crippen molar-refractivity contribution in [2.24, 2.45) is 0 Å². The zero-order valence-electron chi connectivity index (χ0n) is 7.35. The Hall–Kier alpha value is 1.06. The molecule has 1 nitrogen and oxygen atoms in total. The molecule has 1 saturated heterocycles. The van der Waals surface area contributed by atoms with E-state index < -0.39 is 0 Å². The molecule has 0 aromatic rings. The average Bonchev–Trinajstić information content (AvgIpc) is 1.86. The Morgan fingerprint density at radius 3 is 1.90 bits per heavy atom. The fourth-order valence-corrected chi connectivity index (χ4v) is 0.941. The van der Waals surface area contributed by atoms with Crippen LogP contribution in [0.5, 0.6) is 0 Å². The molecular weight excluding hydrogens is 199 g/mol. The summed E-state index contributed by atoms with van der Waals surface area (Å²) in [6, 6.07) is 0. The van der Waals surface area contributed by atoms with E-state index in [1.54, 1.807) is 12.8 Å². The van der Waals surface area contributed by atoms with E-state index in [9.17, 15) is 0 Å². The average molecular weight is 216 g/mol. The summed E-state index contributed by atoms with van der Waals surface area (Å²) in [5, 5.41) is 0. The van der Waals surface area contributed by atoms with Crippen molar-refractivity contribution in [2.75, 3.05) is 19.6 Å². The number of hydrogen-bond acceptors (Lipinski definition) is 1. The molecule has 0 atom stereocenters. The van der Waals surface area contributed by atoms with Gasteiger partial charge in [-0.15, -0.1) is 13.1 Å². The summed E-state index contributed by atoms with van der Waals surface area (Å²) in [7, 11) is 0. The van der Waals surface area contributed by atoms with Gasteiger partial charge < -0.3 is 11.8 Å². The first-order chi connectivity index (χ1) is 4.33. The largest absolute Gasteiger partial charge is 0.362 e. The van der Waals surface area contributed by atoms with Gasteiger partial charge in [0.25, 0.3) is 0 Å². The van der Waals surface area contributed by atoms with E-state index >= 15 is 0 Å². The summed E-state index contributed by atoms with van der Waals surface area (Å²) >= 11 is 0. The molecule has 0 aromatic heterocycles.